The zero-order valence-corrected chi connectivity index (χ0v) is 12.2. The third kappa shape index (κ3) is 6.75. The summed E-state index contributed by atoms with van der Waals surface area (Å²) in [5.74, 6) is -0.484. The largest absolute Gasteiger partial charge is 0.481 e. The van der Waals surface area contributed by atoms with E-state index in [0.29, 0.717) is 32.2 Å². The first-order valence-electron chi connectivity index (χ1n) is 7.45. The van der Waals surface area contributed by atoms with Gasteiger partial charge in [-0.1, -0.05) is 0 Å². The van der Waals surface area contributed by atoms with Gasteiger partial charge in [-0.3, -0.25) is 4.79 Å². The highest BCUT2D eigenvalue weighted by molar-refractivity contribution is 5.73. The number of carboxylic acid groups (broad SMARTS) is 1. The summed E-state index contributed by atoms with van der Waals surface area (Å²) in [5, 5.41) is 14.5. The minimum Gasteiger partial charge on any atom is -0.481 e. The summed E-state index contributed by atoms with van der Waals surface area (Å²) in [7, 11) is 0. The van der Waals surface area contributed by atoms with E-state index in [2.05, 4.69) is 10.6 Å². The van der Waals surface area contributed by atoms with Crippen LogP contribution in [-0.4, -0.2) is 43.4 Å². The molecule has 6 nitrogen and oxygen atoms in total. The molecule has 1 aliphatic rings. The van der Waals surface area contributed by atoms with Crippen LogP contribution >= 0.6 is 0 Å². The van der Waals surface area contributed by atoms with Crippen LogP contribution in [0.2, 0.25) is 0 Å². The van der Waals surface area contributed by atoms with Crippen molar-refractivity contribution in [3.63, 3.8) is 0 Å². The number of hydrogen-bond acceptors (Lipinski definition) is 3. The number of aliphatic carboxylic acids is 1. The lowest BCUT2D eigenvalue weighted by Gasteiger charge is -2.26. The second-order valence-electron chi connectivity index (χ2n) is 5.24. The molecule has 1 saturated carbocycles. The van der Waals surface area contributed by atoms with E-state index in [1.165, 1.54) is 0 Å². The molecule has 0 spiro atoms. The molecule has 1 fully saturated rings. The molecule has 6 heteroatoms. The lowest BCUT2D eigenvalue weighted by atomic mass is 9.82. The summed E-state index contributed by atoms with van der Waals surface area (Å²) >= 11 is 0. The fourth-order valence-corrected chi connectivity index (χ4v) is 2.43. The summed E-state index contributed by atoms with van der Waals surface area (Å²) in [6.07, 6.45) is 4.00. The van der Waals surface area contributed by atoms with Crippen LogP contribution in [-0.2, 0) is 9.53 Å². The van der Waals surface area contributed by atoms with E-state index >= 15 is 0 Å². The van der Waals surface area contributed by atoms with Gasteiger partial charge in [-0.05, 0) is 44.9 Å². The van der Waals surface area contributed by atoms with Crippen molar-refractivity contribution in [3.05, 3.63) is 0 Å². The maximum absolute atomic E-state index is 11.5. The van der Waals surface area contributed by atoms with E-state index in [1.807, 2.05) is 6.92 Å². The normalized spacial score (nSPS) is 22.2. The Morgan fingerprint density at radius 3 is 2.50 bits per heavy atom. The Hall–Kier alpha value is -1.30. The number of hydrogen-bond donors (Lipinski definition) is 3. The molecule has 0 saturated heterocycles. The van der Waals surface area contributed by atoms with Crippen LogP contribution in [0.5, 0.6) is 0 Å². The maximum atomic E-state index is 11.5. The highest BCUT2D eigenvalue weighted by Gasteiger charge is 2.25. The molecule has 0 aromatic carbocycles. The van der Waals surface area contributed by atoms with Gasteiger partial charge in [0.1, 0.15) is 0 Å². The van der Waals surface area contributed by atoms with Crippen molar-refractivity contribution >= 4 is 12.0 Å². The van der Waals surface area contributed by atoms with Crippen LogP contribution in [0.3, 0.4) is 0 Å². The van der Waals surface area contributed by atoms with Crippen molar-refractivity contribution in [2.45, 2.75) is 39.0 Å². The van der Waals surface area contributed by atoms with Crippen molar-refractivity contribution in [1.82, 2.24) is 10.6 Å². The first kappa shape index (κ1) is 16.8. The number of carbonyl (C=O) groups excluding carboxylic acids is 1. The summed E-state index contributed by atoms with van der Waals surface area (Å²) in [6.45, 7) is 4.54. The van der Waals surface area contributed by atoms with E-state index in [0.717, 1.165) is 32.1 Å². The number of urea groups is 1. The van der Waals surface area contributed by atoms with Gasteiger partial charge >= 0.3 is 12.0 Å². The Kier molecular flexibility index (Phi) is 8.02. The van der Waals surface area contributed by atoms with Crippen molar-refractivity contribution in [1.29, 1.82) is 0 Å². The van der Waals surface area contributed by atoms with Crippen LogP contribution in [0.25, 0.3) is 0 Å². The van der Waals surface area contributed by atoms with Gasteiger partial charge in [-0.15, -0.1) is 0 Å². The second-order valence-corrected chi connectivity index (χ2v) is 5.24. The molecule has 0 radical (unpaired) electrons. The van der Waals surface area contributed by atoms with Crippen molar-refractivity contribution < 1.29 is 19.4 Å². The van der Waals surface area contributed by atoms with Crippen molar-refractivity contribution in [2.75, 3.05) is 26.3 Å². The van der Waals surface area contributed by atoms with Crippen LogP contribution in [0.4, 0.5) is 4.79 Å². The first-order chi connectivity index (χ1) is 9.63. The topological polar surface area (TPSA) is 87.7 Å². The van der Waals surface area contributed by atoms with Gasteiger partial charge in [0.15, 0.2) is 0 Å². The van der Waals surface area contributed by atoms with Gasteiger partial charge in [0.25, 0.3) is 0 Å². The Morgan fingerprint density at radius 1 is 1.20 bits per heavy atom. The maximum Gasteiger partial charge on any atom is 0.314 e. The molecule has 1 aliphatic carbocycles. The summed E-state index contributed by atoms with van der Waals surface area (Å²) in [6, 6.07) is -0.151. The van der Waals surface area contributed by atoms with Crippen molar-refractivity contribution in [3.8, 4) is 0 Å². The molecule has 0 aromatic heterocycles. The Morgan fingerprint density at radius 2 is 1.90 bits per heavy atom. The molecule has 0 atom stereocenters. The van der Waals surface area contributed by atoms with Gasteiger partial charge in [-0.25, -0.2) is 4.79 Å². The quantitative estimate of drug-likeness (QED) is 0.591. The zero-order chi connectivity index (χ0) is 14.8. The van der Waals surface area contributed by atoms with Gasteiger partial charge in [0.05, 0.1) is 5.92 Å². The second kappa shape index (κ2) is 9.58. The van der Waals surface area contributed by atoms with Crippen LogP contribution in [0.1, 0.15) is 39.0 Å². The van der Waals surface area contributed by atoms with Gasteiger partial charge in [0.2, 0.25) is 0 Å². The number of rotatable bonds is 8. The number of ether oxygens (including phenoxy) is 1. The molecule has 0 bridgehead atoms. The molecule has 0 aliphatic heterocycles. The molecule has 0 unspecified atom stereocenters. The molecule has 20 heavy (non-hydrogen) atoms. The van der Waals surface area contributed by atoms with Gasteiger partial charge in [-0.2, -0.15) is 0 Å². The number of amides is 2. The Bertz CT molecular complexity index is 302. The SMILES string of the molecule is CCOCCCNC(=O)NCC1CCC(C(=O)O)CC1. The lowest BCUT2D eigenvalue weighted by Crippen LogP contribution is -2.39. The molecule has 3 N–H and O–H groups in total. The van der Waals surface area contributed by atoms with E-state index in [4.69, 9.17) is 9.84 Å². The van der Waals surface area contributed by atoms with E-state index in [9.17, 15) is 9.59 Å². The fraction of sp³-hybridized carbons (Fsp3) is 0.857. The van der Waals surface area contributed by atoms with E-state index in [-0.39, 0.29) is 11.9 Å². The van der Waals surface area contributed by atoms with Crippen LogP contribution in [0.15, 0.2) is 0 Å². The van der Waals surface area contributed by atoms with E-state index < -0.39 is 5.97 Å². The Balaban J connectivity index is 2.03. The zero-order valence-electron chi connectivity index (χ0n) is 12.2. The predicted octanol–water partition coefficient (Wildman–Crippen LogP) is 1.60. The van der Waals surface area contributed by atoms with Crippen molar-refractivity contribution in [2.24, 2.45) is 11.8 Å². The third-order valence-electron chi connectivity index (χ3n) is 3.70. The smallest absolute Gasteiger partial charge is 0.314 e. The molecule has 0 heterocycles. The minimum atomic E-state index is -0.691. The summed E-state index contributed by atoms with van der Waals surface area (Å²) in [4.78, 5) is 22.4. The monoisotopic (exact) mass is 286 g/mol. The molecular weight excluding hydrogens is 260 g/mol. The predicted molar refractivity (Wildman–Crippen MR) is 75.6 cm³/mol. The number of carboxylic acids is 1. The average Bonchev–Trinajstić information content (AvgIpc) is 2.45. The third-order valence-corrected chi connectivity index (χ3v) is 3.70. The molecular formula is C14H26N2O4. The number of carbonyl (C=O) groups is 2. The summed E-state index contributed by atoms with van der Waals surface area (Å²) < 4.78 is 5.18. The Labute approximate surface area is 120 Å². The van der Waals surface area contributed by atoms with Crippen LogP contribution < -0.4 is 10.6 Å². The fourth-order valence-electron chi connectivity index (χ4n) is 2.43. The number of nitrogens with one attached hydrogen (secondary N) is 2. The molecule has 116 valence electrons. The molecule has 1 rings (SSSR count). The molecule has 2 amide bonds. The molecule has 0 aromatic rings. The standard InChI is InChI=1S/C14H26N2O4/c1-2-20-9-3-8-15-14(19)16-10-11-4-6-12(7-5-11)13(17)18/h11-12H,2-10H2,1H3,(H,17,18)(H2,15,16,19). The first-order valence-corrected chi connectivity index (χ1v) is 7.45. The lowest BCUT2D eigenvalue weighted by molar-refractivity contribution is -0.143. The van der Waals surface area contributed by atoms with Gasteiger partial charge in [0, 0.05) is 26.3 Å². The minimum absolute atomic E-state index is 0.151. The average molecular weight is 286 g/mol. The van der Waals surface area contributed by atoms with Crippen LogP contribution in [0, 0.1) is 11.8 Å². The highest BCUT2D eigenvalue weighted by atomic mass is 16.5. The van der Waals surface area contributed by atoms with Gasteiger partial charge < -0.3 is 20.5 Å². The summed E-state index contributed by atoms with van der Waals surface area (Å²) in [5.41, 5.74) is 0. The highest BCUT2D eigenvalue weighted by Crippen LogP contribution is 2.28. The van der Waals surface area contributed by atoms with E-state index in [1.54, 1.807) is 0 Å².